The minimum Gasteiger partial charge on any atom is -0.488 e. The molecule has 4 aromatic carbocycles. The van der Waals surface area contributed by atoms with E-state index in [1.165, 1.54) is 17.0 Å². The smallest absolute Gasteiger partial charge is 0.407 e. The van der Waals surface area contributed by atoms with Crippen molar-refractivity contribution in [1.82, 2.24) is 4.90 Å². The summed E-state index contributed by atoms with van der Waals surface area (Å²) in [6.45, 7) is 1.37. The van der Waals surface area contributed by atoms with E-state index in [-0.39, 0.29) is 24.9 Å². The highest BCUT2D eigenvalue weighted by molar-refractivity contribution is 5.89. The number of halogens is 1. The van der Waals surface area contributed by atoms with Gasteiger partial charge >= 0.3 is 6.09 Å². The predicted octanol–water partition coefficient (Wildman–Crippen LogP) is 6.61. The Balaban J connectivity index is 1.38. The number of nitrogens with zero attached hydrogens (tertiary/aromatic N) is 1. The van der Waals surface area contributed by atoms with E-state index >= 15 is 0 Å². The molecule has 1 N–H and O–H groups in total. The van der Waals surface area contributed by atoms with Crippen molar-refractivity contribution in [3.63, 3.8) is 0 Å². The number of likely N-dealkylation sites (tertiary alicyclic amines) is 1. The second-order valence-corrected chi connectivity index (χ2v) is 9.12. The zero-order valence-electron chi connectivity index (χ0n) is 19.8. The zero-order valence-corrected chi connectivity index (χ0v) is 19.8. The third-order valence-corrected chi connectivity index (χ3v) is 6.69. The summed E-state index contributed by atoms with van der Waals surface area (Å²) in [6, 6.07) is 28.6. The fraction of sp³-hybridized carbons (Fsp3) is 0.233. The number of fused-ring (bicyclic) bond motifs is 1. The van der Waals surface area contributed by atoms with Crippen molar-refractivity contribution >= 4 is 16.9 Å². The van der Waals surface area contributed by atoms with Gasteiger partial charge in [-0.1, -0.05) is 66.7 Å². The number of rotatable bonds is 7. The number of hydrogen-bond acceptors (Lipinski definition) is 3. The van der Waals surface area contributed by atoms with E-state index < -0.39 is 12.2 Å². The lowest BCUT2D eigenvalue weighted by atomic mass is 9.87. The topological polar surface area (TPSA) is 59.0 Å². The van der Waals surface area contributed by atoms with Crippen LogP contribution < -0.4 is 4.74 Å². The van der Waals surface area contributed by atoms with E-state index in [2.05, 4.69) is 6.07 Å². The number of carbonyl (C=O) groups is 1. The van der Waals surface area contributed by atoms with Crippen LogP contribution in [0.25, 0.3) is 10.8 Å². The molecular formula is C30H28FNO4. The summed E-state index contributed by atoms with van der Waals surface area (Å²) in [5, 5.41) is 11.6. The molecule has 1 heterocycles. The van der Waals surface area contributed by atoms with Crippen LogP contribution in [0.2, 0.25) is 0 Å². The van der Waals surface area contributed by atoms with Gasteiger partial charge < -0.3 is 19.5 Å². The van der Waals surface area contributed by atoms with Crippen LogP contribution in [0.1, 0.15) is 29.0 Å². The van der Waals surface area contributed by atoms with Gasteiger partial charge in [0.05, 0.1) is 19.3 Å². The molecule has 6 heteroatoms. The molecule has 1 fully saturated rings. The standard InChI is InChI=1S/C30H28FNO4/c31-25-11-6-10-24(17-25)27-13-14-32(30(33)34)18-29(27)36-20-22-15-23-9-4-5-12-26(23)28(16-22)35-19-21-7-2-1-3-8-21/h1-12,15-17,27,29H,13-14,18-20H2,(H,33,34). The van der Waals surface area contributed by atoms with Crippen molar-refractivity contribution < 1.29 is 23.8 Å². The molecule has 184 valence electrons. The molecule has 0 bridgehead atoms. The molecule has 0 aliphatic carbocycles. The van der Waals surface area contributed by atoms with Crippen LogP contribution >= 0.6 is 0 Å². The summed E-state index contributed by atoms with van der Waals surface area (Å²) >= 11 is 0. The van der Waals surface area contributed by atoms with Gasteiger partial charge in [0, 0.05) is 17.8 Å². The van der Waals surface area contributed by atoms with Gasteiger partial charge in [0.1, 0.15) is 18.2 Å². The highest BCUT2D eigenvalue weighted by atomic mass is 19.1. The van der Waals surface area contributed by atoms with E-state index in [0.717, 1.165) is 33.2 Å². The molecular weight excluding hydrogens is 457 g/mol. The molecule has 0 spiro atoms. The molecule has 0 aromatic heterocycles. The Labute approximate surface area is 209 Å². The first-order chi connectivity index (χ1) is 17.6. The predicted molar refractivity (Wildman–Crippen MR) is 137 cm³/mol. The average molecular weight is 486 g/mol. The number of ether oxygens (including phenoxy) is 2. The molecule has 0 saturated carbocycles. The number of benzene rings is 4. The Kier molecular flexibility index (Phi) is 7.14. The highest BCUT2D eigenvalue weighted by Gasteiger charge is 2.33. The van der Waals surface area contributed by atoms with Gasteiger partial charge in [-0.25, -0.2) is 9.18 Å². The molecule has 1 saturated heterocycles. The molecule has 5 rings (SSSR count). The van der Waals surface area contributed by atoms with Gasteiger partial charge in [-0.2, -0.15) is 0 Å². The molecule has 36 heavy (non-hydrogen) atoms. The minimum atomic E-state index is -0.969. The summed E-state index contributed by atoms with van der Waals surface area (Å²) in [4.78, 5) is 13.0. The zero-order chi connectivity index (χ0) is 24.9. The van der Waals surface area contributed by atoms with E-state index in [0.29, 0.717) is 19.6 Å². The summed E-state index contributed by atoms with van der Waals surface area (Å²) in [5.74, 6) is 0.375. The third-order valence-electron chi connectivity index (χ3n) is 6.69. The molecule has 1 aliphatic rings. The Morgan fingerprint density at radius 2 is 1.72 bits per heavy atom. The lowest BCUT2D eigenvalue weighted by Crippen LogP contribution is -2.46. The van der Waals surface area contributed by atoms with Crippen molar-refractivity contribution in [3.05, 3.63) is 114 Å². The SMILES string of the molecule is O=C(O)N1CCC(c2cccc(F)c2)C(OCc2cc(OCc3ccccc3)c3ccccc3c2)C1. The largest absolute Gasteiger partial charge is 0.488 e. The Hall–Kier alpha value is -3.90. The Bertz CT molecular complexity index is 1340. The van der Waals surface area contributed by atoms with Crippen molar-refractivity contribution in [1.29, 1.82) is 0 Å². The number of hydrogen-bond donors (Lipinski definition) is 1. The van der Waals surface area contributed by atoms with Gasteiger partial charge in [0.25, 0.3) is 0 Å². The fourth-order valence-electron chi connectivity index (χ4n) is 4.85. The van der Waals surface area contributed by atoms with Crippen LogP contribution in [0, 0.1) is 5.82 Å². The molecule has 2 atom stereocenters. The number of carboxylic acid groups (broad SMARTS) is 1. The van der Waals surface area contributed by atoms with Crippen LogP contribution in [0.4, 0.5) is 9.18 Å². The van der Waals surface area contributed by atoms with Crippen LogP contribution in [0.5, 0.6) is 5.75 Å². The molecule has 5 nitrogen and oxygen atoms in total. The molecule has 1 aliphatic heterocycles. The van der Waals surface area contributed by atoms with Crippen LogP contribution in [-0.2, 0) is 18.0 Å². The molecule has 2 unspecified atom stereocenters. The van der Waals surface area contributed by atoms with Gasteiger partial charge in [-0.05, 0) is 52.8 Å². The summed E-state index contributed by atoms with van der Waals surface area (Å²) in [5.41, 5.74) is 2.84. The maximum atomic E-state index is 13.9. The fourth-order valence-corrected chi connectivity index (χ4v) is 4.85. The van der Waals surface area contributed by atoms with E-state index in [1.54, 1.807) is 6.07 Å². The molecule has 0 radical (unpaired) electrons. The maximum Gasteiger partial charge on any atom is 0.407 e. The van der Waals surface area contributed by atoms with Crippen LogP contribution in [-0.4, -0.2) is 35.3 Å². The minimum absolute atomic E-state index is 0.0921. The Morgan fingerprint density at radius 1 is 0.917 bits per heavy atom. The maximum absolute atomic E-state index is 13.9. The second kappa shape index (κ2) is 10.8. The van der Waals surface area contributed by atoms with Gasteiger partial charge in [0.2, 0.25) is 0 Å². The highest BCUT2D eigenvalue weighted by Crippen LogP contribution is 2.33. The monoisotopic (exact) mass is 485 g/mol. The van der Waals surface area contributed by atoms with Gasteiger partial charge in [-0.3, -0.25) is 0 Å². The summed E-state index contributed by atoms with van der Waals surface area (Å²) in [7, 11) is 0. The van der Waals surface area contributed by atoms with E-state index in [1.807, 2.05) is 66.7 Å². The van der Waals surface area contributed by atoms with Gasteiger partial charge in [-0.15, -0.1) is 0 Å². The van der Waals surface area contributed by atoms with Crippen LogP contribution in [0.15, 0.2) is 91.0 Å². The first kappa shape index (κ1) is 23.8. The first-order valence-electron chi connectivity index (χ1n) is 12.1. The first-order valence-corrected chi connectivity index (χ1v) is 12.1. The van der Waals surface area contributed by atoms with Crippen molar-refractivity contribution in [2.45, 2.75) is 31.7 Å². The Morgan fingerprint density at radius 3 is 2.53 bits per heavy atom. The van der Waals surface area contributed by atoms with Crippen molar-refractivity contribution in [2.24, 2.45) is 0 Å². The number of amides is 1. The van der Waals surface area contributed by atoms with Crippen molar-refractivity contribution in [3.8, 4) is 5.75 Å². The quantitative estimate of drug-likeness (QED) is 0.320. The van der Waals surface area contributed by atoms with E-state index in [9.17, 15) is 14.3 Å². The average Bonchev–Trinajstić information content (AvgIpc) is 2.91. The summed E-state index contributed by atoms with van der Waals surface area (Å²) < 4.78 is 26.5. The molecule has 1 amide bonds. The molecule has 4 aromatic rings. The summed E-state index contributed by atoms with van der Waals surface area (Å²) in [6.07, 6.45) is -0.788. The van der Waals surface area contributed by atoms with Crippen LogP contribution in [0.3, 0.4) is 0 Å². The third kappa shape index (κ3) is 5.50. The lowest BCUT2D eigenvalue weighted by molar-refractivity contribution is -0.0200. The van der Waals surface area contributed by atoms with E-state index in [4.69, 9.17) is 9.47 Å². The lowest BCUT2D eigenvalue weighted by Gasteiger charge is -2.37. The van der Waals surface area contributed by atoms with Crippen molar-refractivity contribution in [2.75, 3.05) is 13.1 Å². The number of piperidine rings is 1. The second-order valence-electron chi connectivity index (χ2n) is 9.12. The normalized spacial score (nSPS) is 17.8. The van der Waals surface area contributed by atoms with Gasteiger partial charge in [0.15, 0.2) is 0 Å².